The average Bonchev–Trinajstić information content (AvgIpc) is 2.57. The lowest BCUT2D eigenvalue weighted by Gasteiger charge is -2.36. The molecule has 3 nitrogen and oxygen atoms in total. The van der Waals surface area contributed by atoms with Gasteiger partial charge in [-0.15, -0.1) is 12.4 Å². The lowest BCUT2D eigenvalue weighted by Crippen LogP contribution is -2.45. The molecule has 1 aromatic carbocycles. The molecule has 136 valence electrons. The van der Waals surface area contributed by atoms with Gasteiger partial charge in [0.15, 0.2) is 0 Å². The molecule has 0 spiro atoms. The first kappa shape index (κ1) is 19.6. The second-order valence-corrected chi connectivity index (χ2v) is 5.78. The molecule has 0 saturated carbocycles. The Balaban J connectivity index is 0.00000225. The summed E-state index contributed by atoms with van der Waals surface area (Å²) in [5, 5.41) is 3.26. The number of alkyl halides is 3. The van der Waals surface area contributed by atoms with Crippen LogP contribution in [0.15, 0.2) is 42.7 Å². The maximum atomic E-state index is 14.0. The summed E-state index contributed by atoms with van der Waals surface area (Å²) in [5.41, 5.74) is 0.185. The Morgan fingerprint density at radius 3 is 2.72 bits per heavy atom. The van der Waals surface area contributed by atoms with Gasteiger partial charge in [-0.1, -0.05) is 6.07 Å². The molecule has 1 atom stereocenters. The number of hydrogen-bond acceptors (Lipinski definition) is 3. The number of aromatic nitrogens is 1. The second kappa shape index (κ2) is 8.12. The van der Waals surface area contributed by atoms with Crippen LogP contribution in [0.3, 0.4) is 0 Å². The Bertz CT molecular complexity index is 694. The Kier molecular flexibility index (Phi) is 6.37. The van der Waals surface area contributed by atoms with Gasteiger partial charge in [-0.05, 0) is 29.8 Å². The van der Waals surface area contributed by atoms with E-state index in [9.17, 15) is 17.6 Å². The molecule has 2 heterocycles. The van der Waals surface area contributed by atoms with Crippen molar-refractivity contribution in [3.8, 4) is 0 Å². The highest BCUT2D eigenvalue weighted by molar-refractivity contribution is 5.85. The number of piperazine rings is 1. The predicted octanol–water partition coefficient (Wildman–Crippen LogP) is 3.81. The number of nitrogens with one attached hydrogen (secondary N) is 1. The summed E-state index contributed by atoms with van der Waals surface area (Å²) in [6.45, 7) is 2.09. The number of benzene rings is 1. The maximum absolute atomic E-state index is 14.0. The number of hydrogen-bond donors (Lipinski definition) is 1. The van der Waals surface area contributed by atoms with E-state index in [1.807, 2.05) is 17.0 Å². The molecular weight excluding hydrogens is 358 g/mol. The summed E-state index contributed by atoms with van der Waals surface area (Å²) < 4.78 is 52.6. The fraction of sp³-hybridized carbons (Fsp3) is 0.353. The molecule has 1 unspecified atom stereocenters. The molecule has 0 aliphatic carbocycles. The second-order valence-electron chi connectivity index (χ2n) is 5.78. The zero-order valence-corrected chi connectivity index (χ0v) is 14.1. The third kappa shape index (κ3) is 4.68. The quantitative estimate of drug-likeness (QED) is 0.827. The van der Waals surface area contributed by atoms with E-state index >= 15 is 0 Å². The number of rotatable bonds is 3. The van der Waals surface area contributed by atoms with Gasteiger partial charge in [-0.2, -0.15) is 13.2 Å². The van der Waals surface area contributed by atoms with Crippen molar-refractivity contribution in [2.45, 2.75) is 18.8 Å². The number of halogens is 5. The molecule has 1 aromatic heterocycles. The van der Waals surface area contributed by atoms with Crippen molar-refractivity contribution in [2.24, 2.45) is 0 Å². The monoisotopic (exact) mass is 375 g/mol. The first-order valence-corrected chi connectivity index (χ1v) is 7.65. The van der Waals surface area contributed by atoms with Gasteiger partial charge in [0.2, 0.25) is 0 Å². The highest BCUT2D eigenvalue weighted by Crippen LogP contribution is 2.31. The van der Waals surface area contributed by atoms with Crippen LogP contribution in [-0.4, -0.2) is 29.5 Å². The molecule has 8 heteroatoms. The van der Waals surface area contributed by atoms with Crippen LogP contribution >= 0.6 is 12.4 Å². The van der Waals surface area contributed by atoms with E-state index in [1.54, 1.807) is 12.4 Å². The molecule has 1 saturated heterocycles. The minimum atomic E-state index is -4.48. The van der Waals surface area contributed by atoms with Crippen molar-refractivity contribution in [1.29, 1.82) is 0 Å². The summed E-state index contributed by atoms with van der Waals surface area (Å²) >= 11 is 0. The van der Waals surface area contributed by atoms with Gasteiger partial charge < -0.3 is 5.32 Å². The standard InChI is InChI=1S/C17H17F4N3.ClH/c18-15-4-3-14(17(19,20)21)8-13(15)11-24-7-6-23-10-16(24)12-2-1-5-22-9-12;/h1-5,8-9,16,23H,6-7,10-11H2;1H. The highest BCUT2D eigenvalue weighted by atomic mass is 35.5. The largest absolute Gasteiger partial charge is 0.416 e. The van der Waals surface area contributed by atoms with Gasteiger partial charge in [-0.3, -0.25) is 9.88 Å². The number of nitrogens with zero attached hydrogens (tertiary/aromatic N) is 2. The average molecular weight is 376 g/mol. The van der Waals surface area contributed by atoms with Crippen LogP contribution in [0.2, 0.25) is 0 Å². The van der Waals surface area contributed by atoms with Crippen LogP contribution in [0.4, 0.5) is 17.6 Å². The minimum absolute atomic E-state index is 0. The van der Waals surface area contributed by atoms with E-state index < -0.39 is 17.6 Å². The summed E-state index contributed by atoms with van der Waals surface area (Å²) in [6.07, 6.45) is -1.08. The van der Waals surface area contributed by atoms with Crippen LogP contribution in [-0.2, 0) is 12.7 Å². The summed E-state index contributed by atoms with van der Waals surface area (Å²) in [7, 11) is 0. The first-order valence-electron chi connectivity index (χ1n) is 7.65. The van der Waals surface area contributed by atoms with E-state index in [0.717, 1.165) is 23.8 Å². The van der Waals surface area contributed by atoms with Crippen LogP contribution in [0.5, 0.6) is 0 Å². The van der Waals surface area contributed by atoms with Crippen LogP contribution in [0.1, 0.15) is 22.7 Å². The Morgan fingerprint density at radius 1 is 1.24 bits per heavy atom. The van der Waals surface area contributed by atoms with E-state index in [-0.39, 0.29) is 30.6 Å². The lowest BCUT2D eigenvalue weighted by molar-refractivity contribution is -0.137. The first-order chi connectivity index (χ1) is 11.4. The van der Waals surface area contributed by atoms with Crippen molar-refractivity contribution >= 4 is 12.4 Å². The number of pyridine rings is 1. The normalized spacial score (nSPS) is 18.6. The van der Waals surface area contributed by atoms with Gasteiger partial charge in [0.25, 0.3) is 0 Å². The molecule has 1 N–H and O–H groups in total. The molecule has 1 fully saturated rings. The van der Waals surface area contributed by atoms with Crippen molar-refractivity contribution < 1.29 is 17.6 Å². The molecule has 25 heavy (non-hydrogen) atoms. The molecule has 1 aliphatic rings. The van der Waals surface area contributed by atoms with E-state index in [2.05, 4.69) is 10.3 Å². The summed E-state index contributed by atoms with van der Waals surface area (Å²) in [5.74, 6) is -0.619. The fourth-order valence-corrected chi connectivity index (χ4v) is 2.93. The predicted molar refractivity (Wildman–Crippen MR) is 88.9 cm³/mol. The van der Waals surface area contributed by atoms with Crippen molar-refractivity contribution in [2.75, 3.05) is 19.6 Å². The molecule has 2 aromatic rings. The van der Waals surface area contributed by atoms with Crippen LogP contribution in [0.25, 0.3) is 0 Å². The third-order valence-electron chi connectivity index (χ3n) is 4.17. The van der Waals surface area contributed by atoms with Gasteiger partial charge in [0.05, 0.1) is 5.56 Å². The Hall–Kier alpha value is -1.70. The van der Waals surface area contributed by atoms with Crippen molar-refractivity contribution in [1.82, 2.24) is 15.2 Å². The van der Waals surface area contributed by atoms with Crippen LogP contribution < -0.4 is 5.32 Å². The zero-order valence-electron chi connectivity index (χ0n) is 13.3. The summed E-state index contributed by atoms with van der Waals surface area (Å²) in [6, 6.07) is 6.24. The lowest BCUT2D eigenvalue weighted by atomic mass is 10.0. The minimum Gasteiger partial charge on any atom is -0.314 e. The van der Waals surface area contributed by atoms with Crippen LogP contribution in [0, 0.1) is 5.82 Å². The molecular formula is C17H18ClF4N3. The fourth-order valence-electron chi connectivity index (χ4n) is 2.93. The highest BCUT2D eigenvalue weighted by Gasteiger charge is 2.32. The zero-order chi connectivity index (χ0) is 17.2. The topological polar surface area (TPSA) is 28.2 Å². The smallest absolute Gasteiger partial charge is 0.314 e. The maximum Gasteiger partial charge on any atom is 0.416 e. The van der Waals surface area contributed by atoms with Gasteiger partial charge in [-0.25, -0.2) is 4.39 Å². The summed E-state index contributed by atoms with van der Waals surface area (Å²) in [4.78, 5) is 6.07. The molecule has 0 bridgehead atoms. The Morgan fingerprint density at radius 2 is 2.04 bits per heavy atom. The van der Waals surface area contributed by atoms with E-state index in [0.29, 0.717) is 19.6 Å². The van der Waals surface area contributed by atoms with E-state index in [1.165, 1.54) is 0 Å². The van der Waals surface area contributed by atoms with Crippen molar-refractivity contribution in [3.63, 3.8) is 0 Å². The third-order valence-corrected chi connectivity index (χ3v) is 4.17. The molecule has 0 amide bonds. The Labute approximate surface area is 149 Å². The SMILES string of the molecule is Cl.Fc1ccc(C(F)(F)F)cc1CN1CCNCC1c1cccnc1. The van der Waals surface area contributed by atoms with E-state index in [4.69, 9.17) is 0 Å². The van der Waals surface area contributed by atoms with Gasteiger partial charge in [0, 0.05) is 50.2 Å². The molecule has 3 rings (SSSR count). The van der Waals surface area contributed by atoms with Gasteiger partial charge in [0.1, 0.15) is 5.82 Å². The molecule has 1 aliphatic heterocycles. The van der Waals surface area contributed by atoms with Gasteiger partial charge >= 0.3 is 6.18 Å². The van der Waals surface area contributed by atoms with Crippen molar-refractivity contribution in [3.05, 3.63) is 65.2 Å². The molecule has 0 radical (unpaired) electrons.